The summed E-state index contributed by atoms with van der Waals surface area (Å²) in [6.07, 6.45) is 8.34. The number of rotatable bonds is 2. The molecule has 0 aromatic rings. The molecular weight excluding hydrogens is 214 g/mol. The van der Waals surface area contributed by atoms with E-state index < -0.39 is 5.60 Å². The lowest BCUT2D eigenvalue weighted by Crippen LogP contribution is -2.45. The molecule has 1 aliphatic heterocycles. The first-order valence-corrected chi connectivity index (χ1v) is 6.55. The first kappa shape index (κ1) is 14.1. The van der Waals surface area contributed by atoms with Crippen molar-refractivity contribution in [1.29, 1.82) is 0 Å². The molecule has 1 atom stereocenters. The van der Waals surface area contributed by atoms with E-state index in [1.165, 1.54) is 6.42 Å². The summed E-state index contributed by atoms with van der Waals surface area (Å²) < 4.78 is 5.45. The van der Waals surface area contributed by atoms with Crippen LogP contribution < -0.4 is 0 Å². The molecule has 0 N–H and O–H groups in total. The molecule has 1 amide bonds. The number of nitrogens with zero attached hydrogens (tertiary/aromatic N) is 1. The Hall–Kier alpha value is -0.990. The van der Waals surface area contributed by atoms with Gasteiger partial charge in [-0.15, -0.1) is 0 Å². The molecule has 0 bridgehead atoms. The van der Waals surface area contributed by atoms with Crippen molar-refractivity contribution in [2.75, 3.05) is 6.54 Å². The molecule has 0 saturated carbocycles. The number of carbonyl (C=O) groups excluding carboxylic acids is 1. The normalized spacial score (nSPS) is 21.9. The molecule has 0 aliphatic carbocycles. The van der Waals surface area contributed by atoms with E-state index in [0.29, 0.717) is 6.04 Å². The van der Waals surface area contributed by atoms with Crippen LogP contribution in [0.4, 0.5) is 4.79 Å². The van der Waals surface area contributed by atoms with E-state index in [2.05, 4.69) is 6.08 Å². The summed E-state index contributed by atoms with van der Waals surface area (Å²) in [6.45, 7) is 8.58. The molecule has 0 spiro atoms. The topological polar surface area (TPSA) is 29.5 Å². The molecule has 17 heavy (non-hydrogen) atoms. The SMILES string of the molecule is CC=CCC1CCCCN1C(=O)OC(C)(C)C. The minimum atomic E-state index is -0.403. The van der Waals surface area contributed by atoms with Gasteiger partial charge in [-0.2, -0.15) is 0 Å². The van der Waals surface area contributed by atoms with Gasteiger partial charge in [-0.3, -0.25) is 0 Å². The Morgan fingerprint density at radius 2 is 2.12 bits per heavy atom. The highest BCUT2D eigenvalue weighted by Gasteiger charge is 2.29. The van der Waals surface area contributed by atoms with Crippen molar-refractivity contribution in [3.8, 4) is 0 Å². The molecule has 1 unspecified atom stereocenters. The fourth-order valence-corrected chi connectivity index (χ4v) is 2.10. The summed E-state index contributed by atoms with van der Waals surface area (Å²) in [5, 5.41) is 0. The maximum atomic E-state index is 12.1. The van der Waals surface area contributed by atoms with Crippen LogP contribution in [0.3, 0.4) is 0 Å². The third-order valence-corrected chi connectivity index (χ3v) is 2.90. The number of amides is 1. The van der Waals surface area contributed by atoms with Gasteiger partial charge in [-0.25, -0.2) is 4.79 Å². The van der Waals surface area contributed by atoms with Crippen molar-refractivity contribution in [1.82, 2.24) is 4.90 Å². The summed E-state index contributed by atoms with van der Waals surface area (Å²) >= 11 is 0. The standard InChI is InChI=1S/C14H25NO2/c1-5-6-9-12-10-7-8-11-15(12)13(16)17-14(2,3)4/h5-6,12H,7-11H2,1-4H3. The first-order chi connectivity index (χ1) is 7.94. The number of piperidine rings is 1. The van der Waals surface area contributed by atoms with Crippen molar-refractivity contribution in [3.63, 3.8) is 0 Å². The number of carbonyl (C=O) groups is 1. The summed E-state index contributed by atoms with van der Waals surface area (Å²) in [6, 6.07) is 0.315. The van der Waals surface area contributed by atoms with Crippen LogP contribution in [0.15, 0.2) is 12.2 Å². The van der Waals surface area contributed by atoms with E-state index in [-0.39, 0.29) is 6.09 Å². The van der Waals surface area contributed by atoms with Gasteiger partial charge >= 0.3 is 6.09 Å². The van der Waals surface area contributed by atoms with Gasteiger partial charge in [0, 0.05) is 12.6 Å². The predicted molar refractivity (Wildman–Crippen MR) is 70.0 cm³/mol. The van der Waals surface area contributed by atoms with Crippen LogP contribution in [0.2, 0.25) is 0 Å². The molecule has 3 nitrogen and oxygen atoms in total. The molecule has 3 heteroatoms. The van der Waals surface area contributed by atoms with E-state index in [0.717, 1.165) is 25.8 Å². The number of hydrogen-bond donors (Lipinski definition) is 0. The largest absolute Gasteiger partial charge is 0.444 e. The smallest absolute Gasteiger partial charge is 0.410 e. The monoisotopic (exact) mass is 239 g/mol. The lowest BCUT2D eigenvalue weighted by molar-refractivity contribution is 0.0102. The van der Waals surface area contributed by atoms with Crippen LogP contribution in [0.1, 0.15) is 53.4 Å². The molecule has 0 aromatic heterocycles. The predicted octanol–water partition coefficient (Wildman–Crippen LogP) is 3.74. The highest BCUT2D eigenvalue weighted by molar-refractivity contribution is 5.68. The fraction of sp³-hybridized carbons (Fsp3) is 0.786. The zero-order chi connectivity index (χ0) is 12.9. The summed E-state index contributed by atoms with van der Waals surface area (Å²) in [7, 11) is 0. The maximum absolute atomic E-state index is 12.1. The van der Waals surface area contributed by atoms with Gasteiger partial charge in [-0.1, -0.05) is 12.2 Å². The van der Waals surface area contributed by atoms with Gasteiger partial charge in [0.1, 0.15) is 5.60 Å². The van der Waals surface area contributed by atoms with Gasteiger partial charge < -0.3 is 9.64 Å². The highest BCUT2D eigenvalue weighted by atomic mass is 16.6. The van der Waals surface area contributed by atoms with Gasteiger partial charge in [0.2, 0.25) is 0 Å². The van der Waals surface area contributed by atoms with E-state index in [1.54, 1.807) is 0 Å². The second-order valence-electron chi connectivity index (χ2n) is 5.63. The Balaban J connectivity index is 2.60. The van der Waals surface area contributed by atoms with E-state index >= 15 is 0 Å². The van der Waals surface area contributed by atoms with Crippen LogP contribution in [-0.4, -0.2) is 29.2 Å². The minimum absolute atomic E-state index is 0.160. The van der Waals surface area contributed by atoms with Gasteiger partial charge in [0.15, 0.2) is 0 Å². The third kappa shape index (κ3) is 4.80. The molecule has 0 aromatic carbocycles. The van der Waals surface area contributed by atoms with Gasteiger partial charge in [0.05, 0.1) is 0 Å². The molecule has 1 rings (SSSR count). The van der Waals surface area contributed by atoms with Crippen molar-refractivity contribution in [2.45, 2.75) is 65.0 Å². The average molecular weight is 239 g/mol. The molecule has 1 heterocycles. The van der Waals surface area contributed by atoms with Crippen LogP contribution in [0.5, 0.6) is 0 Å². The van der Waals surface area contributed by atoms with Crippen LogP contribution >= 0.6 is 0 Å². The number of allylic oxidation sites excluding steroid dienone is 1. The van der Waals surface area contributed by atoms with Crippen molar-refractivity contribution in [3.05, 3.63) is 12.2 Å². The lowest BCUT2D eigenvalue weighted by Gasteiger charge is -2.36. The fourth-order valence-electron chi connectivity index (χ4n) is 2.10. The Morgan fingerprint density at radius 1 is 1.41 bits per heavy atom. The van der Waals surface area contributed by atoms with Crippen molar-refractivity contribution >= 4 is 6.09 Å². The van der Waals surface area contributed by atoms with Gasteiger partial charge in [0.25, 0.3) is 0 Å². The van der Waals surface area contributed by atoms with E-state index in [1.807, 2.05) is 38.7 Å². The third-order valence-electron chi connectivity index (χ3n) is 2.90. The number of likely N-dealkylation sites (tertiary alicyclic amines) is 1. The number of ether oxygens (including phenoxy) is 1. The molecule has 1 saturated heterocycles. The highest BCUT2D eigenvalue weighted by Crippen LogP contribution is 2.22. The van der Waals surface area contributed by atoms with E-state index in [9.17, 15) is 4.79 Å². The Kier molecular flexibility index (Phi) is 5.03. The maximum Gasteiger partial charge on any atom is 0.410 e. The van der Waals surface area contributed by atoms with Gasteiger partial charge in [-0.05, 0) is 53.4 Å². The zero-order valence-corrected chi connectivity index (χ0v) is 11.5. The van der Waals surface area contributed by atoms with Crippen LogP contribution in [0, 0.1) is 0 Å². The Morgan fingerprint density at radius 3 is 2.71 bits per heavy atom. The first-order valence-electron chi connectivity index (χ1n) is 6.55. The number of hydrogen-bond acceptors (Lipinski definition) is 2. The van der Waals surface area contributed by atoms with Crippen LogP contribution in [0.25, 0.3) is 0 Å². The zero-order valence-electron chi connectivity index (χ0n) is 11.5. The van der Waals surface area contributed by atoms with Crippen LogP contribution in [-0.2, 0) is 4.74 Å². The van der Waals surface area contributed by atoms with Crippen molar-refractivity contribution in [2.24, 2.45) is 0 Å². The quantitative estimate of drug-likeness (QED) is 0.687. The molecular formula is C14H25NO2. The van der Waals surface area contributed by atoms with Crippen molar-refractivity contribution < 1.29 is 9.53 Å². The molecule has 1 fully saturated rings. The molecule has 98 valence electrons. The summed E-state index contributed by atoms with van der Waals surface area (Å²) in [5.74, 6) is 0. The van der Waals surface area contributed by atoms with E-state index in [4.69, 9.17) is 4.74 Å². The second-order valence-corrected chi connectivity index (χ2v) is 5.63. The minimum Gasteiger partial charge on any atom is -0.444 e. The summed E-state index contributed by atoms with van der Waals surface area (Å²) in [5.41, 5.74) is -0.403. The second kappa shape index (κ2) is 6.08. The lowest BCUT2D eigenvalue weighted by atomic mass is 10.00. The molecule has 1 aliphatic rings. The Bertz CT molecular complexity index is 278. The average Bonchev–Trinajstić information content (AvgIpc) is 2.24. The summed E-state index contributed by atoms with van der Waals surface area (Å²) in [4.78, 5) is 14.0. The molecule has 0 radical (unpaired) electrons. The Labute approximate surface area is 105 Å².